The van der Waals surface area contributed by atoms with Gasteiger partial charge in [0.15, 0.2) is 0 Å². The van der Waals surface area contributed by atoms with Crippen molar-refractivity contribution >= 4 is 21.8 Å². The number of hydrogen-bond donors (Lipinski definition) is 4. The van der Waals surface area contributed by atoms with Gasteiger partial charge in [0.2, 0.25) is 15.9 Å². The number of amides is 2. The zero-order valence-corrected chi connectivity index (χ0v) is 23.2. The summed E-state index contributed by atoms with van der Waals surface area (Å²) in [6, 6.07) is 17.4. The van der Waals surface area contributed by atoms with Gasteiger partial charge < -0.3 is 16.0 Å². The lowest BCUT2D eigenvalue weighted by atomic mass is 9.86. The van der Waals surface area contributed by atoms with Crippen molar-refractivity contribution < 1.29 is 31.2 Å². The quantitative estimate of drug-likeness (QED) is 0.285. The summed E-state index contributed by atoms with van der Waals surface area (Å²) in [6.07, 6.45) is -3.89. The maximum atomic E-state index is 13.5. The van der Waals surface area contributed by atoms with Gasteiger partial charge in [0.25, 0.3) is 5.91 Å². The fraction of sp³-hybridized carbons (Fsp3) is 0.310. The van der Waals surface area contributed by atoms with Gasteiger partial charge in [-0.2, -0.15) is 13.2 Å². The van der Waals surface area contributed by atoms with Gasteiger partial charge in [-0.15, -0.1) is 0 Å². The minimum absolute atomic E-state index is 0.00286. The average molecular weight is 589 g/mol. The highest BCUT2D eigenvalue weighted by Crippen LogP contribution is 2.32. The fourth-order valence-electron chi connectivity index (χ4n) is 4.65. The molecule has 1 fully saturated rings. The maximum Gasteiger partial charge on any atom is 0.416 e. The molecule has 0 aliphatic carbocycles. The number of aryl methyl sites for hydroxylation is 1. The number of carbonyl (C=O) groups excluding carboxylic acids is 2. The lowest BCUT2D eigenvalue weighted by molar-refractivity contribution is -0.137. The van der Waals surface area contributed by atoms with Crippen LogP contribution in [0.1, 0.15) is 34.3 Å². The molecule has 0 unspecified atom stereocenters. The highest BCUT2D eigenvalue weighted by Gasteiger charge is 2.41. The van der Waals surface area contributed by atoms with Crippen molar-refractivity contribution in [1.82, 2.24) is 20.7 Å². The molecule has 0 bridgehead atoms. The first-order valence-electron chi connectivity index (χ1n) is 13.1. The number of carbonyl (C=O) groups is 2. The monoisotopic (exact) mass is 588 g/mol. The highest BCUT2D eigenvalue weighted by atomic mass is 32.2. The van der Waals surface area contributed by atoms with Crippen LogP contribution in [0.3, 0.4) is 0 Å². The Morgan fingerprint density at radius 3 is 2.17 bits per heavy atom. The predicted octanol–water partition coefficient (Wildman–Crippen LogP) is 3.63. The highest BCUT2D eigenvalue weighted by molar-refractivity contribution is 7.89. The first kappa shape index (κ1) is 30.2. The molecule has 41 heavy (non-hydrogen) atoms. The van der Waals surface area contributed by atoms with Crippen LogP contribution in [-0.2, 0) is 21.0 Å². The molecule has 8 nitrogen and oxygen atoms in total. The Morgan fingerprint density at radius 2 is 1.54 bits per heavy atom. The molecule has 1 heterocycles. The van der Waals surface area contributed by atoms with Gasteiger partial charge in [-0.25, -0.2) is 13.1 Å². The molecule has 0 spiro atoms. The molecule has 0 atom stereocenters. The molecule has 3 aromatic rings. The van der Waals surface area contributed by atoms with Gasteiger partial charge in [-0.1, -0.05) is 48.0 Å². The van der Waals surface area contributed by atoms with Gasteiger partial charge >= 0.3 is 6.18 Å². The summed E-state index contributed by atoms with van der Waals surface area (Å²) >= 11 is 0. The van der Waals surface area contributed by atoms with Crippen LogP contribution < -0.4 is 20.7 Å². The van der Waals surface area contributed by atoms with E-state index >= 15 is 0 Å². The second-order valence-corrected chi connectivity index (χ2v) is 11.6. The number of hydrogen-bond acceptors (Lipinski definition) is 5. The molecule has 0 radical (unpaired) electrons. The molecule has 1 aliphatic rings. The van der Waals surface area contributed by atoms with Gasteiger partial charge in [-0.3, -0.25) is 9.59 Å². The van der Waals surface area contributed by atoms with Crippen LogP contribution in [0, 0.1) is 6.92 Å². The number of nitrogens with one attached hydrogen (secondary N) is 4. The second-order valence-electron chi connectivity index (χ2n) is 9.87. The normalized spacial score (nSPS) is 15.2. The topological polar surface area (TPSA) is 116 Å². The lowest BCUT2D eigenvalue weighted by Crippen LogP contribution is -2.63. The van der Waals surface area contributed by atoms with Crippen molar-refractivity contribution in [3.63, 3.8) is 0 Å². The number of halogens is 3. The number of sulfonamides is 1. The van der Waals surface area contributed by atoms with E-state index in [1.165, 1.54) is 24.3 Å². The third kappa shape index (κ3) is 7.32. The SMILES string of the molecule is Cc1ccc(S(=O)(=O)NCCNC(=O)C2(NC(=O)c3ccccc3-c3ccc(C(F)(F)F)cc3)CCNCC2)cc1. The molecule has 2 amide bonds. The molecule has 0 aromatic heterocycles. The van der Waals surface area contributed by atoms with Crippen LogP contribution in [0.4, 0.5) is 13.2 Å². The van der Waals surface area contributed by atoms with E-state index < -0.39 is 39.1 Å². The van der Waals surface area contributed by atoms with Crippen LogP contribution in [0.5, 0.6) is 0 Å². The summed E-state index contributed by atoms with van der Waals surface area (Å²) in [5.41, 5.74) is -0.0704. The molecular weight excluding hydrogens is 557 g/mol. The van der Waals surface area contributed by atoms with E-state index in [-0.39, 0.29) is 23.5 Å². The molecule has 1 saturated heterocycles. The van der Waals surface area contributed by atoms with Gasteiger partial charge in [0.05, 0.1) is 10.5 Å². The Morgan fingerprint density at radius 1 is 0.902 bits per heavy atom. The van der Waals surface area contributed by atoms with E-state index in [0.29, 0.717) is 37.1 Å². The zero-order chi connectivity index (χ0) is 29.7. The standard InChI is InChI=1S/C29H31F3N4O4S/c1-20-6-12-23(13-7-20)41(39,40)35-19-18-34-27(38)28(14-16-33-17-15-28)36-26(37)25-5-3-2-4-24(25)21-8-10-22(11-9-21)29(30,31)32/h2-13,33,35H,14-19H2,1H3,(H,34,38)(H,36,37). The van der Waals surface area contributed by atoms with Crippen LogP contribution in [0.2, 0.25) is 0 Å². The number of benzene rings is 3. The van der Waals surface area contributed by atoms with Gasteiger partial charge in [0, 0.05) is 18.7 Å². The summed E-state index contributed by atoms with van der Waals surface area (Å²) in [5.74, 6) is -0.994. The molecule has 12 heteroatoms. The van der Waals surface area contributed by atoms with Crippen LogP contribution >= 0.6 is 0 Å². The minimum atomic E-state index is -4.48. The zero-order valence-electron chi connectivity index (χ0n) is 22.3. The minimum Gasteiger partial charge on any atom is -0.353 e. The van der Waals surface area contributed by atoms with Crippen molar-refractivity contribution in [3.05, 3.63) is 89.5 Å². The number of piperidine rings is 1. The van der Waals surface area contributed by atoms with E-state index in [4.69, 9.17) is 0 Å². The van der Waals surface area contributed by atoms with Crippen molar-refractivity contribution in [2.24, 2.45) is 0 Å². The molecule has 218 valence electrons. The Hall–Kier alpha value is -3.74. The van der Waals surface area contributed by atoms with Gasteiger partial charge in [0.1, 0.15) is 5.54 Å². The Balaban J connectivity index is 1.45. The summed E-state index contributed by atoms with van der Waals surface area (Å²) in [6.45, 7) is 2.72. The predicted molar refractivity (Wildman–Crippen MR) is 149 cm³/mol. The van der Waals surface area contributed by atoms with Gasteiger partial charge in [-0.05, 0) is 74.3 Å². The smallest absolute Gasteiger partial charge is 0.353 e. The summed E-state index contributed by atoms with van der Waals surface area (Å²) in [5, 5.41) is 8.76. The third-order valence-electron chi connectivity index (χ3n) is 6.97. The number of rotatable bonds is 9. The van der Waals surface area contributed by atoms with Crippen molar-refractivity contribution in [2.75, 3.05) is 26.2 Å². The van der Waals surface area contributed by atoms with Crippen LogP contribution in [-0.4, -0.2) is 52.0 Å². The average Bonchev–Trinajstić information content (AvgIpc) is 2.95. The fourth-order valence-corrected chi connectivity index (χ4v) is 5.68. The molecule has 4 rings (SSSR count). The first-order valence-corrected chi connectivity index (χ1v) is 14.5. The van der Waals surface area contributed by atoms with E-state index in [9.17, 15) is 31.2 Å². The van der Waals surface area contributed by atoms with Crippen molar-refractivity contribution in [3.8, 4) is 11.1 Å². The summed E-state index contributed by atoms with van der Waals surface area (Å²) < 4.78 is 66.6. The first-order chi connectivity index (χ1) is 19.4. The molecule has 4 N–H and O–H groups in total. The van der Waals surface area contributed by atoms with Crippen molar-refractivity contribution in [1.29, 1.82) is 0 Å². The largest absolute Gasteiger partial charge is 0.416 e. The Labute approximate surface area is 236 Å². The van der Waals surface area contributed by atoms with Crippen molar-refractivity contribution in [2.45, 2.75) is 36.4 Å². The Bertz CT molecular complexity index is 1490. The van der Waals surface area contributed by atoms with E-state index in [2.05, 4.69) is 20.7 Å². The van der Waals surface area contributed by atoms with E-state index in [1.54, 1.807) is 36.4 Å². The van der Waals surface area contributed by atoms with Crippen LogP contribution in [0.15, 0.2) is 77.7 Å². The van der Waals surface area contributed by atoms with E-state index in [0.717, 1.165) is 17.7 Å². The second kappa shape index (κ2) is 12.4. The lowest BCUT2D eigenvalue weighted by Gasteiger charge is -2.37. The molecular formula is C29H31F3N4O4S. The maximum absolute atomic E-state index is 13.5. The van der Waals surface area contributed by atoms with Crippen LogP contribution in [0.25, 0.3) is 11.1 Å². The Kier molecular flexibility index (Phi) is 9.15. The summed E-state index contributed by atoms with van der Waals surface area (Å²) in [4.78, 5) is 27.0. The molecule has 3 aromatic carbocycles. The number of alkyl halides is 3. The third-order valence-corrected chi connectivity index (χ3v) is 8.45. The summed E-state index contributed by atoms with van der Waals surface area (Å²) in [7, 11) is -3.76. The molecule has 0 saturated carbocycles. The van der Waals surface area contributed by atoms with E-state index in [1.807, 2.05) is 6.92 Å². The molecule has 1 aliphatic heterocycles.